The highest BCUT2D eigenvalue weighted by Gasteiger charge is 2.14. The van der Waals surface area contributed by atoms with E-state index in [0.29, 0.717) is 10.6 Å². The zero-order valence-corrected chi connectivity index (χ0v) is 15.8. The highest BCUT2D eigenvalue weighted by molar-refractivity contribution is 6.30. The molecule has 0 bridgehead atoms. The van der Waals surface area contributed by atoms with Gasteiger partial charge in [-0.15, -0.1) is 0 Å². The van der Waals surface area contributed by atoms with Crippen LogP contribution in [-0.4, -0.2) is 24.6 Å². The molecule has 0 fully saturated rings. The summed E-state index contributed by atoms with van der Waals surface area (Å²) in [4.78, 5) is 23.9. The second-order valence-corrected chi connectivity index (χ2v) is 7.29. The van der Waals surface area contributed by atoms with Crippen LogP contribution in [0, 0.1) is 0 Å². The molecule has 0 radical (unpaired) electrons. The smallest absolute Gasteiger partial charge is 0.259 e. The minimum Gasteiger partial charge on any atom is -0.343 e. The van der Waals surface area contributed by atoms with E-state index in [2.05, 4.69) is 36.6 Å². The van der Waals surface area contributed by atoms with Crippen LogP contribution in [0.15, 0.2) is 53.6 Å². The fraction of sp³-hybridized carbons (Fsp3) is 0.250. The molecule has 26 heavy (non-hydrogen) atoms. The van der Waals surface area contributed by atoms with E-state index >= 15 is 0 Å². The van der Waals surface area contributed by atoms with Gasteiger partial charge in [-0.25, -0.2) is 5.43 Å². The first-order valence-corrected chi connectivity index (χ1v) is 8.60. The first kappa shape index (κ1) is 19.7. The summed E-state index contributed by atoms with van der Waals surface area (Å²) >= 11 is 5.87. The summed E-state index contributed by atoms with van der Waals surface area (Å²) in [6, 6.07) is 14.4. The summed E-state index contributed by atoms with van der Waals surface area (Å²) in [5.41, 5.74) is 4.80. The molecule has 0 aliphatic heterocycles. The molecule has 6 heteroatoms. The number of nitrogens with one attached hydrogen (secondary N) is 2. The monoisotopic (exact) mass is 371 g/mol. The normalized spacial score (nSPS) is 11.4. The number of amides is 2. The molecule has 5 nitrogen and oxygen atoms in total. The van der Waals surface area contributed by atoms with Crippen molar-refractivity contribution in [1.82, 2.24) is 10.7 Å². The van der Waals surface area contributed by atoms with Gasteiger partial charge in [-0.3, -0.25) is 9.59 Å². The van der Waals surface area contributed by atoms with Crippen LogP contribution in [-0.2, 0) is 10.2 Å². The molecule has 0 aliphatic rings. The minimum absolute atomic E-state index is 0.0237. The van der Waals surface area contributed by atoms with E-state index in [-0.39, 0.29) is 17.9 Å². The lowest BCUT2D eigenvalue weighted by atomic mass is 9.87. The molecule has 2 amide bonds. The lowest BCUT2D eigenvalue weighted by molar-refractivity contribution is -0.120. The van der Waals surface area contributed by atoms with Crippen molar-refractivity contribution in [2.75, 3.05) is 6.54 Å². The van der Waals surface area contributed by atoms with Gasteiger partial charge < -0.3 is 5.32 Å². The number of hydrogen-bond donors (Lipinski definition) is 2. The number of hydrogen-bond acceptors (Lipinski definition) is 3. The van der Waals surface area contributed by atoms with Crippen LogP contribution in [0.5, 0.6) is 0 Å². The number of benzene rings is 2. The first-order chi connectivity index (χ1) is 12.3. The number of hydrazone groups is 1. The van der Waals surface area contributed by atoms with Crippen molar-refractivity contribution in [3.8, 4) is 0 Å². The Balaban J connectivity index is 1.82. The standard InChI is InChI=1S/C20H22ClN3O2/c1-20(2,3)16-9-7-15(8-10-16)19(26)22-13-18(25)24-23-12-14-5-4-6-17(21)11-14/h4-12H,13H2,1-3H3,(H,22,26)(H,24,25)/b23-12+. The van der Waals surface area contributed by atoms with Gasteiger partial charge in [0, 0.05) is 10.6 Å². The SMILES string of the molecule is CC(C)(C)c1ccc(C(=O)NCC(=O)N/N=C/c2cccc(Cl)c2)cc1. The Kier molecular flexibility index (Phi) is 6.52. The average molecular weight is 372 g/mol. The molecule has 0 spiro atoms. The number of nitrogens with zero attached hydrogens (tertiary/aromatic N) is 1. The summed E-state index contributed by atoms with van der Waals surface area (Å²) in [6.45, 7) is 6.16. The molecule has 0 atom stereocenters. The first-order valence-electron chi connectivity index (χ1n) is 8.22. The van der Waals surface area contributed by atoms with E-state index in [1.165, 1.54) is 6.21 Å². The summed E-state index contributed by atoms with van der Waals surface area (Å²) in [6.07, 6.45) is 1.48. The van der Waals surface area contributed by atoms with Crippen LogP contribution in [0.25, 0.3) is 0 Å². The second-order valence-electron chi connectivity index (χ2n) is 6.86. The van der Waals surface area contributed by atoms with Crippen LogP contribution in [0.2, 0.25) is 5.02 Å². The quantitative estimate of drug-likeness (QED) is 0.623. The van der Waals surface area contributed by atoms with E-state index in [4.69, 9.17) is 11.6 Å². The third-order valence-electron chi connectivity index (χ3n) is 3.67. The molecule has 0 saturated carbocycles. The van der Waals surface area contributed by atoms with Gasteiger partial charge in [-0.1, -0.05) is 56.6 Å². The lowest BCUT2D eigenvalue weighted by Gasteiger charge is -2.19. The molecule has 0 aliphatic carbocycles. The third-order valence-corrected chi connectivity index (χ3v) is 3.91. The predicted octanol–water partition coefficient (Wildman–Crippen LogP) is 3.52. The van der Waals surface area contributed by atoms with Crippen molar-refractivity contribution in [2.24, 2.45) is 5.10 Å². The summed E-state index contributed by atoms with van der Waals surface area (Å²) in [5.74, 6) is -0.720. The molecule has 136 valence electrons. The molecule has 0 aromatic heterocycles. The second kappa shape index (κ2) is 8.63. The summed E-state index contributed by atoms with van der Waals surface area (Å²) < 4.78 is 0. The number of carbonyl (C=O) groups excluding carboxylic acids is 2. The maximum Gasteiger partial charge on any atom is 0.259 e. The molecule has 0 heterocycles. The highest BCUT2D eigenvalue weighted by Crippen LogP contribution is 2.22. The van der Waals surface area contributed by atoms with Gasteiger partial charge in [0.1, 0.15) is 0 Å². The van der Waals surface area contributed by atoms with Crippen LogP contribution >= 0.6 is 11.6 Å². The number of rotatable bonds is 5. The average Bonchev–Trinajstić information content (AvgIpc) is 2.59. The van der Waals surface area contributed by atoms with Crippen LogP contribution < -0.4 is 10.7 Å². The fourth-order valence-corrected chi connectivity index (χ4v) is 2.39. The van der Waals surface area contributed by atoms with Gasteiger partial charge in [0.2, 0.25) is 0 Å². The molecule has 2 aromatic rings. The zero-order valence-electron chi connectivity index (χ0n) is 15.0. The predicted molar refractivity (Wildman–Crippen MR) is 105 cm³/mol. The van der Waals surface area contributed by atoms with Crippen molar-refractivity contribution < 1.29 is 9.59 Å². The van der Waals surface area contributed by atoms with E-state index in [1.54, 1.807) is 30.3 Å². The maximum absolute atomic E-state index is 12.1. The van der Waals surface area contributed by atoms with Crippen LogP contribution in [0.4, 0.5) is 0 Å². The molecule has 2 aromatic carbocycles. The Morgan fingerprint density at radius 1 is 1.12 bits per heavy atom. The zero-order chi connectivity index (χ0) is 19.2. The summed E-state index contributed by atoms with van der Waals surface area (Å²) in [5, 5.41) is 6.99. The van der Waals surface area contributed by atoms with Gasteiger partial charge >= 0.3 is 0 Å². The molecular weight excluding hydrogens is 350 g/mol. The van der Waals surface area contributed by atoms with E-state index in [1.807, 2.05) is 18.2 Å². The number of carbonyl (C=O) groups is 2. The fourth-order valence-electron chi connectivity index (χ4n) is 2.19. The van der Waals surface area contributed by atoms with Crippen LogP contribution in [0.3, 0.4) is 0 Å². The van der Waals surface area contributed by atoms with Crippen molar-refractivity contribution in [3.63, 3.8) is 0 Å². The highest BCUT2D eigenvalue weighted by atomic mass is 35.5. The molecule has 0 saturated heterocycles. The molecule has 2 N–H and O–H groups in total. The van der Waals surface area contributed by atoms with Gasteiger partial charge in [0.25, 0.3) is 11.8 Å². The Morgan fingerprint density at radius 2 is 1.81 bits per heavy atom. The van der Waals surface area contributed by atoms with Crippen molar-refractivity contribution in [2.45, 2.75) is 26.2 Å². The van der Waals surface area contributed by atoms with Crippen molar-refractivity contribution in [1.29, 1.82) is 0 Å². The van der Waals surface area contributed by atoms with Gasteiger partial charge in [-0.05, 0) is 40.8 Å². The Morgan fingerprint density at radius 3 is 2.42 bits per heavy atom. The third kappa shape index (κ3) is 6.01. The molecule has 2 rings (SSSR count). The van der Waals surface area contributed by atoms with E-state index in [9.17, 15) is 9.59 Å². The topological polar surface area (TPSA) is 70.6 Å². The van der Waals surface area contributed by atoms with E-state index < -0.39 is 5.91 Å². The van der Waals surface area contributed by atoms with E-state index in [0.717, 1.165) is 11.1 Å². The Bertz CT molecular complexity index is 809. The Hall–Kier alpha value is -2.66. The van der Waals surface area contributed by atoms with Crippen LogP contribution in [0.1, 0.15) is 42.3 Å². The van der Waals surface area contributed by atoms with Gasteiger partial charge in [0.15, 0.2) is 0 Å². The molecule has 0 unspecified atom stereocenters. The number of halogens is 1. The van der Waals surface area contributed by atoms with Gasteiger partial charge in [0.05, 0.1) is 12.8 Å². The lowest BCUT2D eigenvalue weighted by Crippen LogP contribution is -2.34. The van der Waals surface area contributed by atoms with Crippen molar-refractivity contribution >= 4 is 29.6 Å². The maximum atomic E-state index is 12.1. The summed E-state index contributed by atoms with van der Waals surface area (Å²) in [7, 11) is 0. The largest absolute Gasteiger partial charge is 0.343 e. The van der Waals surface area contributed by atoms with Crippen molar-refractivity contribution in [3.05, 3.63) is 70.2 Å². The minimum atomic E-state index is -0.414. The Labute approximate surface area is 158 Å². The van der Waals surface area contributed by atoms with Gasteiger partial charge in [-0.2, -0.15) is 5.10 Å². The molecular formula is C20H22ClN3O2.